The lowest BCUT2D eigenvalue weighted by molar-refractivity contribution is -0.000972. The summed E-state index contributed by atoms with van der Waals surface area (Å²) >= 11 is 0. The van der Waals surface area contributed by atoms with E-state index < -0.39 is 11.6 Å². The minimum Gasteiger partial charge on any atom is -0.434 e. The molecule has 1 fully saturated rings. The molecule has 0 amide bonds. The van der Waals surface area contributed by atoms with Gasteiger partial charge in [0.15, 0.2) is 0 Å². The van der Waals surface area contributed by atoms with Crippen LogP contribution in [-0.4, -0.2) is 24.9 Å². The van der Waals surface area contributed by atoms with Gasteiger partial charge in [-0.25, -0.2) is 4.79 Å². The van der Waals surface area contributed by atoms with E-state index in [1.54, 1.807) is 0 Å². The van der Waals surface area contributed by atoms with Crippen LogP contribution in [0.25, 0.3) is 0 Å². The molecule has 0 N–H and O–H groups in total. The summed E-state index contributed by atoms with van der Waals surface area (Å²) in [6.45, 7) is 7.77. The minimum absolute atomic E-state index is 0.000652. The predicted molar refractivity (Wildman–Crippen MR) is 72.9 cm³/mol. The average Bonchev–Trinajstić information content (AvgIpc) is 2.79. The maximum absolute atomic E-state index is 11.6. The van der Waals surface area contributed by atoms with Crippen LogP contribution in [0.2, 0.25) is 0 Å². The van der Waals surface area contributed by atoms with Crippen LogP contribution < -0.4 is 0 Å². The molecule has 0 aliphatic heterocycles. The van der Waals surface area contributed by atoms with Crippen molar-refractivity contribution in [3.8, 4) is 0 Å². The SMILES string of the molecule is CC(C)C(N=O)C(C)(C)COC(=O)OC1CCCC1. The standard InChI is InChI=1S/C14H25NO4/c1-10(2)12(15-17)14(3,4)9-18-13(16)19-11-7-5-6-8-11/h10-12H,5-9H2,1-4H3. The highest BCUT2D eigenvalue weighted by Crippen LogP contribution is 2.29. The van der Waals surface area contributed by atoms with Crippen LogP contribution in [0, 0.1) is 16.2 Å². The highest BCUT2D eigenvalue weighted by molar-refractivity contribution is 5.60. The summed E-state index contributed by atoms with van der Waals surface area (Å²) in [6.07, 6.45) is 3.42. The molecule has 1 aliphatic carbocycles. The quantitative estimate of drug-likeness (QED) is 0.543. The van der Waals surface area contributed by atoms with Crippen LogP contribution in [0.5, 0.6) is 0 Å². The summed E-state index contributed by atoms with van der Waals surface area (Å²) in [6, 6.07) is -0.383. The fourth-order valence-electron chi connectivity index (χ4n) is 2.67. The highest BCUT2D eigenvalue weighted by atomic mass is 16.7. The molecule has 110 valence electrons. The normalized spacial score (nSPS) is 18.4. The van der Waals surface area contributed by atoms with Gasteiger partial charge in [0, 0.05) is 5.41 Å². The van der Waals surface area contributed by atoms with Gasteiger partial charge in [-0.3, -0.25) is 0 Å². The van der Waals surface area contributed by atoms with E-state index in [2.05, 4.69) is 5.18 Å². The molecule has 0 saturated heterocycles. The number of carbonyl (C=O) groups excluding carboxylic acids is 1. The number of nitrogens with zero attached hydrogens (tertiary/aromatic N) is 1. The molecule has 1 saturated carbocycles. The van der Waals surface area contributed by atoms with E-state index in [0.29, 0.717) is 0 Å². The molecular formula is C14H25NO4. The Morgan fingerprint density at radius 1 is 1.32 bits per heavy atom. The monoisotopic (exact) mass is 271 g/mol. The van der Waals surface area contributed by atoms with Gasteiger partial charge in [-0.05, 0) is 31.6 Å². The van der Waals surface area contributed by atoms with Crippen molar-refractivity contribution in [1.29, 1.82) is 0 Å². The summed E-state index contributed by atoms with van der Waals surface area (Å²) in [5.41, 5.74) is -0.482. The number of carbonyl (C=O) groups is 1. The van der Waals surface area contributed by atoms with E-state index in [0.717, 1.165) is 25.7 Å². The first-order chi connectivity index (χ1) is 8.86. The van der Waals surface area contributed by atoms with Crippen molar-refractivity contribution in [1.82, 2.24) is 0 Å². The number of rotatable bonds is 6. The molecule has 0 radical (unpaired) electrons. The summed E-state index contributed by atoms with van der Waals surface area (Å²) in [7, 11) is 0. The van der Waals surface area contributed by atoms with Gasteiger partial charge < -0.3 is 9.47 Å². The van der Waals surface area contributed by atoms with Crippen molar-refractivity contribution in [3.63, 3.8) is 0 Å². The first-order valence-corrected chi connectivity index (χ1v) is 7.02. The minimum atomic E-state index is -0.631. The van der Waals surface area contributed by atoms with Crippen molar-refractivity contribution in [2.24, 2.45) is 16.5 Å². The van der Waals surface area contributed by atoms with Crippen molar-refractivity contribution < 1.29 is 14.3 Å². The molecular weight excluding hydrogens is 246 g/mol. The molecule has 1 unspecified atom stereocenters. The Labute approximate surface area is 115 Å². The average molecular weight is 271 g/mol. The number of ether oxygens (including phenoxy) is 2. The van der Waals surface area contributed by atoms with Crippen molar-refractivity contribution >= 4 is 6.16 Å². The number of hydrogen-bond donors (Lipinski definition) is 0. The van der Waals surface area contributed by atoms with Crippen LogP contribution >= 0.6 is 0 Å². The molecule has 0 spiro atoms. The lowest BCUT2D eigenvalue weighted by atomic mass is 9.80. The lowest BCUT2D eigenvalue weighted by Gasteiger charge is -2.31. The van der Waals surface area contributed by atoms with Gasteiger partial charge >= 0.3 is 6.16 Å². The van der Waals surface area contributed by atoms with Crippen molar-refractivity contribution in [2.45, 2.75) is 65.5 Å². The Kier molecular flexibility index (Phi) is 5.76. The Morgan fingerprint density at radius 2 is 1.89 bits per heavy atom. The Bertz CT molecular complexity index is 309. The van der Waals surface area contributed by atoms with Gasteiger partial charge in [-0.1, -0.05) is 32.9 Å². The predicted octanol–water partition coefficient (Wildman–Crippen LogP) is 3.90. The maximum atomic E-state index is 11.6. The van der Waals surface area contributed by atoms with E-state index in [-0.39, 0.29) is 24.7 Å². The molecule has 1 atom stereocenters. The largest absolute Gasteiger partial charge is 0.508 e. The van der Waals surface area contributed by atoms with Gasteiger partial charge in [0.25, 0.3) is 0 Å². The van der Waals surface area contributed by atoms with Crippen LogP contribution in [0.3, 0.4) is 0 Å². The zero-order valence-electron chi connectivity index (χ0n) is 12.3. The van der Waals surface area contributed by atoms with Crippen LogP contribution in [0.15, 0.2) is 5.18 Å². The van der Waals surface area contributed by atoms with Gasteiger partial charge in [0.2, 0.25) is 0 Å². The Balaban J connectivity index is 2.40. The van der Waals surface area contributed by atoms with Crippen LogP contribution in [-0.2, 0) is 9.47 Å². The molecule has 19 heavy (non-hydrogen) atoms. The highest BCUT2D eigenvalue weighted by Gasteiger charge is 2.35. The Morgan fingerprint density at radius 3 is 2.37 bits per heavy atom. The summed E-state index contributed by atoms with van der Waals surface area (Å²) in [5, 5.41) is 3.16. The van der Waals surface area contributed by atoms with Crippen molar-refractivity contribution in [2.75, 3.05) is 6.61 Å². The summed E-state index contributed by atoms with van der Waals surface area (Å²) < 4.78 is 10.4. The second-order valence-corrected chi connectivity index (χ2v) is 6.35. The van der Waals surface area contributed by atoms with Crippen molar-refractivity contribution in [3.05, 3.63) is 4.91 Å². The molecule has 1 aliphatic rings. The third-order valence-corrected chi connectivity index (χ3v) is 3.67. The van der Waals surface area contributed by atoms with E-state index >= 15 is 0 Å². The number of hydrogen-bond acceptors (Lipinski definition) is 5. The molecule has 0 bridgehead atoms. The van der Waals surface area contributed by atoms with Crippen LogP contribution in [0.1, 0.15) is 53.4 Å². The molecule has 5 heteroatoms. The number of nitroso groups, excluding NO2 is 1. The van der Waals surface area contributed by atoms with Gasteiger partial charge in [0.1, 0.15) is 18.8 Å². The first-order valence-electron chi connectivity index (χ1n) is 7.02. The summed E-state index contributed by atoms with van der Waals surface area (Å²) in [5.74, 6) is 0.113. The zero-order chi connectivity index (χ0) is 14.5. The molecule has 1 rings (SSSR count). The topological polar surface area (TPSA) is 65.0 Å². The van der Waals surface area contributed by atoms with Crippen LogP contribution in [0.4, 0.5) is 4.79 Å². The molecule has 0 aromatic rings. The second kappa shape index (κ2) is 6.87. The van der Waals surface area contributed by atoms with Gasteiger partial charge in [-0.2, -0.15) is 4.91 Å². The summed E-state index contributed by atoms with van der Waals surface area (Å²) in [4.78, 5) is 22.5. The third-order valence-electron chi connectivity index (χ3n) is 3.67. The van der Waals surface area contributed by atoms with E-state index in [1.165, 1.54) is 0 Å². The van der Waals surface area contributed by atoms with E-state index in [9.17, 15) is 9.70 Å². The van der Waals surface area contributed by atoms with E-state index in [1.807, 2.05) is 27.7 Å². The fourth-order valence-corrected chi connectivity index (χ4v) is 2.67. The maximum Gasteiger partial charge on any atom is 0.508 e. The molecule has 0 heterocycles. The smallest absolute Gasteiger partial charge is 0.434 e. The lowest BCUT2D eigenvalue weighted by Crippen LogP contribution is -2.37. The second-order valence-electron chi connectivity index (χ2n) is 6.35. The molecule has 0 aromatic heterocycles. The van der Waals surface area contributed by atoms with Gasteiger partial charge in [-0.15, -0.1) is 0 Å². The Hall–Kier alpha value is -1.13. The fraction of sp³-hybridized carbons (Fsp3) is 0.929. The zero-order valence-corrected chi connectivity index (χ0v) is 12.3. The third kappa shape index (κ3) is 4.80. The van der Waals surface area contributed by atoms with Gasteiger partial charge in [0.05, 0.1) is 0 Å². The van der Waals surface area contributed by atoms with E-state index in [4.69, 9.17) is 9.47 Å². The first kappa shape index (κ1) is 15.9. The molecule has 0 aromatic carbocycles. The molecule has 5 nitrogen and oxygen atoms in total.